The van der Waals surface area contributed by atoms with Gasteiger partial charge in [-0.25, -0.2) is 10.1 Å². The van der Waals surface area contributed by atoms with Gasteiger partial charge in [-0.15, -0.1) is 0 Å². The SMILES string of the molecule is O=c1[nH]ncc(N2CCn3c(Cc4ccccc4)cnc3C2)c1Cl. The molecule has 0 bridgehead atoms. The van der Waals surface area contributed by atoms with Crippen LogP contribution in [0.2, 0.25) is 5.02 Å². The first-order valence-corrected chi connectivity index (χ1v) is 8.15. The topological polar surface area (TPSA) is 66.8 Å². The lowest BCUT2D eigenvalue weighted by Gasteiger charge is -2.30. The summed E-state index contributed by atoms with van der Waals surface area (Å²) in [5.41, 5.74) is 2.75. The van der Waals surface area contributed by atoms with E-state index in [1.807, 2.05) is 29.3 Å². The quantitative estimate of drug-likeness (QED) is 0.793. The second kappa shape index (κ2) is 6.13. The number of nitrogens with zero attached hydrogens (tertiary/aromatic N) is 4. The molecule has 0 radical (unpaired) electrons. The average molecular weight is 342 g/mol. The normalized spacial score (nSPS) is 13.8. The molecule has 0 saturated carbocycles. The number of imidazole rings is 1. The summed E-state index contributed by atoms with van der Waals surface area (Å²) in [6, 6.07) is 10.4. The largest absolute Gasteiger partial charge is 0.360 e. The van der Waals surface area contributed by atoms with Crippen molar-refractivity contribution in [2.45, 2.75) is 19.5 Å². The molecule has 1 aliphatic heterocycles. The summed E-state index contributed by atoms with van der Waals surface area (Å²) in [6.07, 6.45) is 4.39. The van der Waals surface area contributed by atoms with Crippen LogP contribution < -0.4 is 10.5 Å². The van der Waals surface area contributed by atoms with Gasteiger partial charge in [0.1, 0.15) is 10.8 Å². The maximum absolute atomic E-state index is 11.6. The first-order chi connectivity index (χ1) is 11.7. The lowest BCUT2D eigenvalue weighted by atomic mass is 10.1. The first-order valence-electron chi connectivity index (χ1n) is 7.77. The van der Waals surface area contributed by atoms with Gasteiger partial charge in [-0.1, -0.05) is 41.9 Å². The molecule has 122 valence electrons. The number of benzene rings is 1. The Kier molecular flexibility index (Phi) is 3.82. The van der Waals surface area contributed by atoms with Gasteiger partial charge in [0.2, 0.25) is 0 Å². The van der Waals surface area contributed by atoms with E-state index < -0.39 is 0 Å². The number of aromatic amines is 1. The van der Waals surface area contributed by atoms with Crippen LogP contribution in [0.3, 0.4) is 0 Å². The van der Waals surface area contributed by atoms with Gasteiger partial charge in [-0.05, 0) is 5.56 Å². The van der Waals surface area contributed by atoms with Crippen molar-refractivity contribution < 1.29 is 0 Å². The minimum Gasteiger partial charge on any atom is -0.360 e. The van der Waals surface area contributed by atoms with Crippen LogP contribution in [0, 0.1) is 0 Å². The van der Waals surface area contributed by atoms with E-state index in [4.69, 9.17) is 11.6 Å². The standard InChI is InChI=1S/C17H16ClN5O/c18-16-14(10-20-21-17(16)24)22-6-7-23-13(9-19-15(23)11-22)8-12-4-2-1-3-5-12/h1-5,9-10H,6-8,11H2,(H,21,24). The molecule has 0 unspecified atom stereocenters. The van der Waals surface area contributed by atoms with Crippen LogP contribution in [-0.4, -0.2) is 26.3 Å². The number of hydrogen-bond acceptors (Lipinski definition) is 4. The van der Waals surface area contributed by atoms with E-state index in [2.05, 4.69) is 31.9 Å². The molecule has 1 N–H and O–H groups in total. The van der Waals surface area contributed by atoms with Gasteiger partial charge in [0.25, 0.3) is 5.56 Å². The van der Waals surface area contributed by atoms with Crippen molar-refractivity contribution in [1.29, 1.82) is 0 Å². The summed E-state index contributed by atoms with van der Waals surface area (Å²) in [7, 11) is 0. The molecule has 1 aromatic carbocycles. The van der Waals surface area contributed by atoms with Gasteiger partial charge in [0.05, 0.1) is 18.4 Å². The van der Waals surface area contributed by atoms with Crippen LogP contribution in [0.15, 0.2) is 47.5 Å². The fraction of sp³-hybridized carbons (Fsp3) is 0.235. The summed E-state index contributed by atoms with van der Waals surface area (Å²) >= 11 is 6.11. The second-order valence-corrected chi connectivity index (χ2v) is 6.18. The molecule has 4 rings (SSSR count). The van der Waals surface area contributed by atoms with E-state index in [-0.39, 0.29) is 10.6 Å². The second-order valence-electron chi connectivity index (χ2n) is 5.80. The van der Waals surface area contributed by atoms with Gasteiger partial charge >= 0.3 is 0 Å². The molecule has 3 heterocycles. The predicted octanol–water partition coefficient (Wildman–Crippen LogP) is 2.23. The molecule has 0 aliphatic carbocycles. The molecule has 24 heavy (non-hydrogen) atoms. The highest BCUT2D eigenvalue weighted by atomic mass is 35.5. The molecule has 7 heteroatoms. The Bertz CT molecular complexity index is 918. The molecule has 0 saturated heterocycles. The summed E-state index contributed by atoms with van der Waals surface area (Å²) in [5.74, 6) is 0.975. The summed E-state index contributed by atoms with van der Waals surface area (Å²) in [6.45, 7) is 2.18. The Balaban J connectivity index is 1.59. The Morgan fingerprint density at radius 3 is 2.83 bits per heavy atom. The van der Waals surface area contributed by atoms with Gasteiger partial charge in [0.15, 0.2) is 0 Å². The van der Waals surface area contributed by atoms with Crippen LogP contribution in [0.1, 0.15) is 17.1 Å². The maximum Gasteiger partial charge on any atom is 0.285 e. The van der Waals surface area contributed by atoms with E-state index in [9.17, 15) is 4.79 Å². The fourth-order valence-electron chi connectivity index (χ4n) is 3.07. The summed E-state index contributed by atoms with van der Waals surface area (Å²) in [5, 5.41) is 6.37. The molecular formula is C17H16ClN5O. The van der Waals surface area contributed by atoms with E-state index in [1.165, 1.54) is 11.3 Å². The minimum absolute atomic E-state index is 0.175. The fourth-order valence-corrected chi connectivity index (χ4v) is 3.28. The van der Waals surface area contributed by atoms with E-state index >= 15 is 0 Å². The van der Waals surface area contributed by atoms with E-state index in [1.54, 1.807) is 6.20 Å². The number of nitrogens with one attached hydrogen (secondary N) is 1. The number of anilines is 1. The van der Waals surface area contributed by atoms with Crippen molar-refractivity contribution in [3.05, 3.63) is 75.2 Å². The molecule has 2 aromatic heterocycles. The zero-order valence-electron chi connectivity index (χ0n) is 12.9. The zero-order chi connectivity index (χ0) is 16.5. The molecule has 0 amide bonds. The number of rotatable bonds is 3. The van der Waals surface area contributed by atoms with Gasteiger partial charge in [-0.2, -0.15) is 5.10 Å². The van der Waals surface area contributed by atoms with E-state index in [0.717, 1.165) is 25.3 Å². The van der Waals surface area contributed by atoms with Crippen molar-refractivity contribution in [3.8, 4) is 0 Å². The van der Waals surface area contributed by atoms with Crippen LogP contribution in [-0.2, 0) is 19.5 Å². The smallest absolute Gasteiger partial charge is 0.285 e. The number of aromatic nitrogens is 4. The Morgan fingerprint density at radius 2 is 2.00 bits per heavy atom. The van der Waals surface area contributed by atoms with Crippen LogP contribution >= 0.6 is 11.6 Å². The maximum atomic E-state index is 11.6. The zero-order valence-corrected chi connectivity index (χ0v) is 13.7. The van der Waals surface area contributed by atoms with Crippen molar-refractivity contribution in [2.75, 3.05) is 11.4 Å². The third kappa shape index (κ3) is 2.69. The molecule has 0 atom stereocenters. The number of fused-ring (bicyclic) bond motifs is 1. The van der Waals surface area contributed by atoms with Gasteiger partial charge in [0, 0.05) is 31.4 Å². The molecule has 0 fully saturated rings. The van der Waals surface area contributed by atoms with Crippen molar-refractivity contribution in [3.63, 3.8) is 0 Å². The van der Waals surface area contributed by atoms with Crippen molar-refractivity contribution in [2.24, 2.45) is 0 Å². The van der Waals surface area contributed by atoms with Gasteiger partial charge in [-0.3, -0.25) is 4.79 Å². The molecule has 3 aromatic rings. The van der Waals surface area contributed by atoms with Crippen molar-refractivity contribution >= 4 is 17.3 Å². The first kappa shape index (κ1) is 15.0. The Morgan fingerprint density at radius 1 is 1.17 bits per heavy atom. The molecule has 6 nitrogen and oxygen atoms in total. The Hall–Kier alpha value is -2.60. The predicted molar refractivity (Wildman–Crippen MR) is 92.4 cm³/mol. The number of H-pyrrole nitrogens is 1. The van der Waals surface area contributed by atoms with Crippen LogP contribution in [0.25, 0.3) is 0 Å². The number of hydrogen-bond donors (Lipinski definition) is 1. The number of halogens is 1. The molecule has 0 spiro atoms. The lowest BCUT2D eigenvalue weighted by molar-refractivity contribution is 0.546. The highest BCUT2D eigenvalue weighted by molar-refractivity contribution is 6.32. The monoisotopic (exact) mass is 341 g/mol. The average Bonchev–Trinajstić information content (AvgIpc) is 3.00. The molecular weight excluding hydrogens is 326 g/mol. The van der Waals surface area contributed by atoms with Crippen molar-refractivity contribution in [1.82, 2.24) is 19.7 Å². The minimum atomic E-state index is -0.368. The van der Waals surface area contributed by atoms with Crippen LogP contribution in [0.5, 0.6) is 0 Å². The third-order valence-electron chi connectivity index (χ3n) is 4.29. The highest BCUT2D eigenvalue weighted by Gasteiger charge is 2.22. The van der Waals surface area contributed by atoms with Gasteiger partial charge < -0.3 is 9.47 Å². The van der Waals surface area contributed by atoms with E-state index in [0.29, 0.717) is 12.2 Å². The summed E-state index contributed by atoms with van der Waals surface area (Å²) < 4.78 is 2.25. The summed E-state index contributed by atoms with van der Waals surface area (Å²) in [4.78, 5) is 18.2. The lowest BCUT2D eigenvalue weighted by Crippen LogP contribution is -2.35. The highest BCUT2D eigenvalue weighted by Crippen LogP contribution is 2.25. The van der Waals surface area contributed by atoms with Crippen LogP contribution in [0.4, 0.5) is 5.69 Å². The third-order valence-corrected chi connectivity index (χ3v) is 4.66. The molecule has 1 aliphatic rings. The Labute approximate surface area is 143 Å².